The van der Waals surface area contributed by atoms with Crippen LogP contribution in [0.25, 0.3) is 0 Å². The Labute approximate surface area is 107 Å². The van der Waals surface area contributed by atoms with Crippen molar-refractivity contribution < 1.29 is 9.63 Å². The molecule has 0 saturated carbocycles. The molecule has 1 aromatic carbocycles. The Morgan fingerprint density at radius 2 is 2.25 bits per heavy atom. The minimum absolute atomic E-state index is 0.122. The summed E-state index contributed by atoms with van der Waals surface area (Å²) in [6.45, 7) is 1.25. The van der Waals surface area contributed by atoms with E-state index in [1.54, 1.807) is 18.2 Å². The van der Waals surface area contributed by atoms with Gasteiger partial charge in [-0.25, -0.2) is 5.06 Å². The summed E-state index contributed by atoms with van der Waals surface area (Å²) in [6, 6.07) is 5.11. The van der Waals surface area contributed by atoms with Crippen LogP contribution in [0.15, 0.2) is 22.7 Å². The number of nitrogens with zero attached hydrogens (tertiary/aromatic N) is 1. The predicted molar refractivity (Wildman–Crippen MR) is 65.4 cm³/mol. The highest BCUT2D eigenvalue weighted by atomic mass is 79.9. The number of hydrogen-bond donors (Lipinski definition) is 0. The molecule has 1 aliphatic heterocycles. The second-order valence-corrected chi connectivity index (χ2v) is 4.86. The number of amides is 1. The summed E-state index contributed by atoms with van der Waals surface area (Å²) < 4.78 is 0.694. The molecule has 1 aliphatic rings. The Hall–Kier alpha value is -0.580. The third-order valence-electron chi connectivity index (χ3n) is 2.39. The largest absolute Gasteiger partial charge is 0.278 e. The Morgan fingerprint density at radius 1 is 1.44 bits per heavy atom. The van der Waals surface area contributed by atoms with E-state index in [1.807, 2.05) is 0 Å². The van der Waals surface area contributed by atoms with Gasteiger partial charge in [0.1, 0.15) is 0 Å². The highest BCUT2D eigenvalue weighted by molar-refractivity contribution is 9.10. The van der Waals surface area contributed by atoms with Crippen LogP contribution < -0.4 is 0 Å². The molecule has 16 heavy (non-hydrogen) atoms. The van der Waals surface area contributed by atoms with E-state index in [-0.39, 0.29) is 5.91 Å². The van der Waals surface area contributed by atoms with Crippen molar-refractivity contribution in [2.75, 3.05) is 13.2 Å². The molecule has 0 atom stereocenters. The lowest BCUT2D eigenvalue weighted by Crippen LogP contribution is -2.35. The van der Waals surface area contributed by atoms with Crippen LogP contribution >= 0.6 is 27.5 Å². The molecule has 5 heteroatoms. The molecule has 2 rings (SSSR count). The van der Waals surface area contributed by atoms with Gasteiger partial charge in [0.05, 0.1) is 12.2 Å². The van der Waals surface area contributed by atoms with Gasteiger partial charge in [0.2, 0.25) is 0 Å². The average molecular weight is 305 g/mol. The quantitative estimate of drug-likeness (QED) is 0.797. The van der Waals surface area contributed by atoms with Gasteiger partial charge in [-0.15, -0.1) is 0 Å². The lowest BCUT2D eigenvalue weighted by molar-refractivity contribution is -0.144. The van der Waals surface area contributed by atoms with Crippen molar-refractivity contribution >= 4 is 33.4 Å². The molecule has 1 heterocycles. The van der Waals surface area contributed by atoms with Crippen LogP contribution in [0.2, 0.25) is 5.02 Å². The molecule has 1 aromatic rings. The standard InChI is InChI=1S/C11H11BrClNO2/c12-10-7-8(13)3-4-9(10)11(15)14-5-1-2-6-16-14/h3-4,7H,1-2,5-6H2. The summed E-state index contributed by atoms with van der Waals surface area (Å²) in [4.78, 5) is 17.4. The fraction of sp³-hybridized carbons (Fsp3) is 0.364. The summed E-state index contributed by atoms with van der Waals surface area (Å²) in [7, 11) is 0. The lowest BCUT2D eigenvalue weighted by Gasteiger charge is -2.26. The monoisotopic (exact) mass is 303 g/mol. The number of halogens is 2. The summed E-state index contributed by atoms with van der Waals surface area (Å²) in [6.07, 6.45) is 1.99. The molecule has 1 fully saturated rings. The second-order valence-electron chi connectivity index (χ2n) is 3.57. The number of carbonyl (C=O) groups is 1. The zero-order chi connectivity index (χ0) is 11.5. The fourth-order valence-electron chi connectivity index (χ4n) is 1.55. The van der Waals surface area contributed by atoms with Gasteiger partial charge >= 0.3 is 0 Å². The minimum atomic E-state index is -0.122. The van der Waals surface area contributed by atoms with E-state index in [2.05, 4.69) is 15.9 Å². The first-order valence-electron chi connectivity index (χ1n) is 5.08. The normalized spacial score (nSPS) is 16.2. The summed E-state index contributed by atoms with van der Waals surface area (Å²) >= 11 is 9.15. The smallest absolute Gasteiger partial charge is 0.271 e. The fourth-order valence-corrected chi connectivity index (χ4v) is 2.41. The summed E-state index contributed by atoms with van der Waals surface area (Å²) in [5, 5.41) is 2.01. The molecular weight excluding hydrogens is 293 g/mol. The Bertz CT molecular complexity index is 405. The van der Waals surface area contributed by atoms with Gasteiger partial charge in [-0.1, -0.05) is 11.6 Å². The maximum atomic E-state index is 12.1. The SMILES string of the molecule is O=C(c1ccc(Cl)cc1Br)N1CCCCO1. The van der Waals surface area contributed by atoms with Gasteiger partial charge in [0, 0.05) is 16.0 Å². The third-order valence-corrected chi connectivity index (χ3v) is 3.28. The minimum Gasteiger partial charge on any atom is -0.271 e. The van der Waals surface area contributed by atoms with Crippen LogP contribution in [0.4, 0.5) is 0 Å². The maximum absolute atomic E-state index is 12.1. The van der Waals surface area contributed by atoms with E-state index in [9.17, 15) is 4.79 Å². The lowest BCUT2D eigenvalue weighted by atomic mass is 10.2. The highest BCUT2D eigenvalue weighted by Crippen LogP contribution is 2.23. The van der Waals surface area contributed by atoms with E-state index in [4.69, 9.17) is 16.4 Å². The first kappa shape index (κ1) is 11.9. The Kier molecular flexibility index (Phi) is 3.84. The molecule has 0 N–H and O–H groups in total. The van der Waals surface area contributed by atoms with Gasteiger partial charge in [-0.2, -0.15) is 0 Å². The van der Waals surface area contributed by atoms with Crippen molar-refractivity contribution in [1.29, 1.82) is 0 Å². The molecule has 0 spiro atoms. The van der Waals surface area contributed by atoms with Crippen molar-refractivity contribution in [3.05, 3.63) is 33.3 Å². The topological polar surface area (TPSA) is 29.5 Å². The van der Waals surface area contributed by atoms with Gasteiger partial charge in [-0.3, -0.25) is 9.63 Å². The molecule has 1 saturated heterocycles. The van der Waals surface area contributed by atoms with Crippen molar-refractivity contribution in [3.63, 3.8) is 0 Å². The number of hydrogen-bond acceptors (Lipinski definition) is 2. The van der Waals surface area contributed by atoms with Gasteiger partial charge in [0.15, 0.2) is 0 Å². The van der Waals surface area contributed by atoms with Gasteiger partial charge in [-0.05, 0) is 47.0 Å². The van der Waals surface area contributed by atoms with Crippen molar-refractivity contribution in [3.8, 4) is 0 Å². The molecule has 0 aliphatic carbocycles. The molecule has 0 unspecified atom stereocenters. The number of benzene rings is 1. The van der Waals surface area contributed by atoms with Crippen LogP contribution in [0.3, 0.4) is 0 Å². The third kappa shape index (κ3) is 2.56. The molecule has 86 valence electrons. The van der Waals surface area contributed by atoms with Crippen LogP contribution in [0.5, 0.6) is 0 Å². The van der Waals surface area contributed by atoms with E-state index in [1.165, 1.54) is 5.06 Å². The van der Waals surface area contributed by atoms with E-state index < -0.39 is 0 Å². The number of carbonyl (C=O) groups excluding carboxylic acids is 1. The van der Waals surface area contributed by atoms with Crippen LogP contribution in [0.1, 0.15) is 23.2 Å². The highest BCUT2D eigenvalue weighted by Gasteiger charge is 2.21. The number of hydroxylamine groups is 2. The predicted octanol–water partition coefficient (Wildman–Crippen LogP) is 3.27. The van der Waals surface area contributed by atoms with Crippen molar-refractivity contribution in [1.82, 2.24) is 5.06 Å². The average Bonchev–Trinajstić information content (AvgIpc) is 2.29. The molecular formula is C11H11BrClNO2. The summed E-state index contributed by atoms with van der Waals surface area (Å²) in [5.74, 6) is -0.122. The molecule has 0 radical (unpaired) electrons. The maximum Gasteiger partial charge on any atom is 0.278 e. The molecule has 3 nitrogen and oxygen atoms in total. The van der Waals surface area contributed by atoms with Crippen molar-refractivity contribution in [2.45, 2.75) is 12.8 Å². The van der Waals surface area contributed by atoms with Crippen molar-refractivity contribution in [2.24, 2.45) is 0 Å². The van der Waals surface area contributed by atoms with Crippen LogP contribution in [-0.2, 0) is 4.84 Å². The summed E-state index contributed by atoms with van der Waals surface area (Å²) in [5.41, 5.74) is 0.575. The van der Waals surface area contributed by atoms with E-state index in [0.717, 1.165) is 12.8 Å². The Morgan fingerprint density at radius 3 is 2.88 bits per heavy atom. The second kappa shape index (κ2) is 5.17. The first-order valence-corrected chi connectivity index (χ1v) is 6.25. The van der Waals surface area contributed by atoms with Crippen LogP contribution in [0, 0.1) is 0 Å². The van der Waals surface area contributed by atoms with Crippen LogP contribution in [-0.4, -0.2) is 24.1 Å². The van der Waals surface area contributed by atoms with Gasteiger partial charge < -0.3 is 0 Å². The zero-order valence-corrected chi connectivity index (χ0v) is 10.9. The number of rotatable bonds is 1. The molecule has 0 aromatic heterocycles. The first-order chi connectivity index (χ1) is 7.68. The molecule has 1 amide bonds. The van der Waals surface area contributed by atoms with E-state index >= 15 is 0 Å². The van der Waals surface area contributed by atoms with E-state index in [0.29, 0.717) is 28.2 Å². The Balaban J connectivity index is 2.19. The zero-order valence-electron chi connectivity index (χ0n) is 8.58. The molecule has 0 bridgehead atoms. The van der Waals surface area contributed by atoms with Gasteiger partial charge in [0.25, 0.3) is 5.91 Å².